The molecule has 3 nitrogen and oxygen atoms in total. The van der Waals surface area contributed by atoms with Crippen molar-refractivity contribution >= 4 is 27.5 Å². The quantitative estimate of drug-likeness (QED) is 0.865. The number of pyridine rings is 1. The molecule has 86 valence electrons. The predicted molar refractivity (Wildman–Crippen MR) is 71.0 cm³/mol. The van der Waals surface area contributed by atoms with Crippen LogP contribution in [0.4, 0.5) is 5.82 Å². The number of hydrogen-bond acceptors (Lipinski definition) is 3. The summed E-state index contributed by atoms with van der Waals surface area (Å²) in [4.78, 5) is 16.2. The molecule has 2 aromatic rings. The minimum atomic E-state index is -0.0967. The Morgan fingerprint density at radius 1 is 1.24 bits per heavy atom. The van der Waals surface area contributed by atoms with Gasteiger partial charge in [0.05, 0.1) is 5.56 Å². The van der Waals surface area contributed by atoms with Crippen molar-refractivity contribution in [3.63, 3.8) is 0 Å². The lowest BCUT2D eigenvalue weighted by Gasteiger charge is -2.07. The van der Waals surface area contributed by atoms with Crippen LogP contribution in [0.3, 0.4) is 0 Å². The maximum Gasteiger partial charge on any atom is 0.196 e. The van der Waals surface area contributed by atoms with E-state index in [9.17, 15) is 4.79 Å². The van der Waals surface area contributed by atoms with Gasteiger partial charge in [-0.25, -0.2) is 4.98 Å². The lowest BCUT2D eigenvalue weighted by Crippen LogP contribution is -2.09. The fraction of sp³-hybridized carbons (Fsp3) is 0.0769. The number of ketones is 1. The number of nitrogens with two attached hydrogens (primary N) is 1. The van der Waals surface area contributed by atoms with E-state index >= 15 is 0 Å². The van der Waals surface area contributed by atoms with Crippen LogP contribution in [0, 0.1) is 6.92 Å². The standard InChI is InChI=1S/C13H11BrN2O/c1-8-6-7-16-13(15)11(8)12(17)9-2-4-10(14)5-3-9/h2-7H,1H3,(H2,15,16). The third-order valence-corrected chi connectivity index (χ3v) is 3.05. The maximum absolute atomic E-state index is 12.3. The van der Waals surface area contributed by atoms with E-state index in [1.807, 2.05) is 19.1 Å². The Kier molecular flexibility index (Phi) is 3.24. The molecule has 0 aliphatic carbocycles. The summed E-state index contributed by atoms with van der Waals surface area (Å²) in [6.07, 6.45) is 1.60. The topological polar surface area (TPSA) is 56.0 Å². The van der Waals surface area contributed by atoms with Crippen LogP contribution >= 0.6 is 15.9 Å². The van der Waals surface area contributed by atoms with Gasteiger partial charge in [-0.05, 0) is 42.8 Å². The maximum atomic E-state index is 12.3. The molecule has 1 aromatic carbocycles. The monoisotopic (exact) mass is 290 g/mol. The Hall–Kier alpha value is -1.68. The number of nitrogen functional groups attached to an aromatic ring is 1. The number of aryl methyl sites for hydroxylation is 1. The van der Waals surface area contributed by atoms with E-state index in [-0.39, 0.29) is 11.6 Å². The average molecular weight is 291 g/mol. The molecule has 0 radical (unpaired) electrons. The molecule has 0 bridgehead atoms. The summed E-state index contributed by atoms with van der Waals surface area (Å²) < 4.78 is 0.935. The number of benzene rings is 1. The molecule has 2 rings (SSSR count). The number of halogens is 1. The van der Waals surface area contributed by atoms with E-state index in [0.29, 0.717) is 11.1 Å². The zero-order valence-electron chi connectivity index (χ0n) is 9.27. The Balaban J connectivity index is 2.47. The lowest BCUT2D eigenvalue weighted by molar-refractivity contribution is 0.103. The van der Waals surface area contributed by atoms with Crippen LogP contribution in [0.1, 0.15) is 21.5 Å². The first kappa shape index (κ1) is 11.8. The van der Waals surface area contributed by atoms with Gasteiger partial charge >= 0.3 is 0 Å². The van der Waals surface area contributed by atoms with Gasteiger partial charge in [0.2, 0.25) is 0 Å². The number of carbonyl (C=O) groups excluding carboxylic acids is 1. The second-order valence-electron chi connectivity index (χ2n) is 3.72. The molecular weight excluding hydrogens is 280 g/mol. The molecule has 0 saturated carbocycles. The minimum Gasteiger partial charge on any atom is -0.383 e. The van der Waals surface area contributed by atoms with E-state index in [1.165, 1.54) is 0 Å². The Labute approximate surface area is 108 Å². The first-order valence-corrected chi connectivity index (χ1v) is 5.90. The average Bonchev–Trinajstić information content (AvgIpc) is 2.29. The first-order chi connectivity index (χ1) is 8.09. The second-order valence-corrected chi connectivity index (χ2v) is 4.64. The molecule has 0 saturated heterocycles. The van der Waals surface area contributed by atoms with Gasteiger partial charge in [0, 0.05) is 16.2 Å². The summed E-state index contributed by atoms with van der Waals surface area (Å²) in [5.41, 5.74) is 7.68. The Morgan fingerprint density at radius 2 is 1.88 bits per heavy atom. The fourth-order valence-electron chi connectivity index (χ4n) is 1.62. The van der Waals surface area contributed by atoms with Gasteiger partial charge in [-0.2, -0.15) is 0 Å². The number of aromatic nitrogens is 1. The summed E-state index contributed by atoms with van der Waals surface area (Å²) in [6, 6.07) is 8.96. The van der Waals surface area contributed by atoms with E-state index < -0.39 is 0 Å². The Bertz CT molecular complexity index is 544. The van der Waals surface area contributed by atoms with E-state index in [0.717, 1.165) is 10.0 Å². The first-order valence-electron chi connectivity index (χ1n) is 5.11. The van der Waals surface area contributed by atoms with Gasteiger partial charge in [0.25, 0.3) is 0 Å². The highest BCUT2D eigenvalue weighted by Crippen LogP contribution is 2.19. The van der Waals surface area contributed by atoms with E-state index in [1.54, 1.807) is 24.4 Å². The third-order valence-electron chi connectivity index (χ3n) is 2.52. The van der Waals surface area contributed by atoms with Gasteiger partial charge in [0.1, 0.15) is 5.82 Å². The smallest absolute Gasteiger partial charge is 0.196 e. The fourth-order valence-corrected chi connectivity index (χ4v) is 1.88. The number of anilines is 1. The molecule has 0 spiro atoms. The number of carbonyl (C=O) groups is 1. The van der Waals surface area contributed by atoms with Crippen molar-refractivity contribution in [2.75, 3.05) is 5.73 Å². The second kappa shape index (κ2) is 4.67. The molecule has 4 heteroatoms. The number of nitrogens with zero attached hydrogens (tertiary/aromatic N) is 1. The molecule has 0 unspecified atom stereocenters. The van der Waals surface area contributed by atoms with Gasteiger partial charge < -0.3 is 5.73 Å². The van der Waals surface area contributed by atoms with E-state index in [2.05, 4.69) is 20.9 Å². The summed E-state index contributed by atoms with van der Waals surface area (Å²) in [5, 5.41) is 0. The molecule has 1 aromatic heterocycles. The Morgan fingerprint density at radius 3 is 2.47 bits per heavy atom. The summed E-state index contributed by atoms with van der Waals surface area (Å²) in [6.45, 7) is 1.85. The molecule has 17 heavy (non-hydrogen) atoms. The zero-order chi connectivity index (χ0) is 12.4. The molecule has 0 aliphatic rings. The van der Waals surface area contributed by atoms with Crippen molar-refractivity contribution in [2.24, 2.45) is 0 Å². The van der Waals surface area contributed by atoms with Crippen LogP contribution in [0.2, 0.25) is 0 Å². The van der Waals surface area contributed by atoms with Crippen molar-refractivity contribution in [1.29, 1.82) is 0 Å². The van der Waals surface area contributed by atoms with Gasteiger partial charge in [0.15, 0.2) is 5.78 Å². The SMILES string of the molecule is Cc1ccnc(N)c1C(=O)c1ccc(Br)cc1. The molecule has 0 amide bonds. The molecule has 1 heterocycles. The molecule has 2 N–H and O–H groups in total. The van der Waals surface area contributed by atoms with Crippen molar-refractivity contribution in [3.05, 3.63) is 57.7 Å². The normalized spacial score (nSPS) is 10.2. The summed E-state index contributed by atoms with van der Waals surface area (Å²) in [5.74, 6) is 0.179. The highest BCUT2D eigenvalue weighted by atomic mass is 79.9. The number of rotatable bonds is 2. The van der Waals surface area contributed by atoms with E-state index in [4.69, 9.17) is 5.73 Å². The summed E-state index contributed by atoms with van der Waals surface area (Å²) >= 11 is 3.33. The lowest BCUT2D eigenvalue weighted by atomic mass is 10.0. The third kappa shape index (κ3) is 2.36. The van der Waals surface area contributed by atoms with Crippen LogP contribution < -0.4 is 5.73 Å². The van der Waals surface area contributed by atoms with Gasteiger partial charge in [-0.1, -0.05) is 15.9 Å². The molecule has 0 aliphatic heterocycles. The predicted octanol–water partition coefficient (Wildman–Crippen LogP) is 2.97. The van der Waals surface area contributed by atoms with Gasteiger partial charge in [-0.3, -0.25) is 4.79 Å². The van der Waals surface area contributed by atoms with Crippen molar-refractivity contribution in [1.82, 2.24) is 4.98 Å². The zero-order valence-corrected chi connectivity index (χ0v) is 10.9. The molecule has 0 fully saturated rings. The molecule has 0 atom stereocenters. The largest absolute Gasteiger partial charge is 0.383 e. The highest BCUT2D eigenvalue weighted by Gasteiger charge is 2.15. The van der Waals surface area contributed by atoms with Crippen molar-refractivity contribution in [3.8, 4) is 0 Å². The van der Waals surface area contributed by atoms with Crippen LogP contribution in [0.5, 0.6) is 0 Å². The van der Waals surface area contributed by atoms with Crippen LogP contribution in [-0.4, -0.2) is 10.8 Å². The minimum absolute atomic E-state index is 0.0967. The molecular formula is C13H11BrN2O. The van der Waals surface area contributed by atoms with Crippen molar-refractivity contribution in [2.45, 2.75) is 6.92 Å². The highest BCUT2D eigenvalue weighted by molar-refractivity contribution is 9.10. The van der Waals surface area contributed by atoms with Crippen LogP contribution in [0.15, 0.2) is 41.0 Å². The summed E-state index contributed by atoms with van der Waals surface area (Å²) in [7, 11) is 0. The van der Waals surface area contributed by atoms with Gasteiger partial charge in [-0.15, -0.1) is 0 Å². The number of hydrogen-bond donors (Lipinski definition) is 1. The van der Waals surface area contributed by atoms with Crippen LogP contribution in [-0.2, 0) is 0 Å². The van der Waals surface area contributed by atoms with Crippen LogP contribution in [0.25, 0.3) is 0 Å². The van der Waals surface area contributed by atoms with Crippen molar-refractivity contribution < 1.29 is 4.79 Å².